The van der Waals surface area contributed by atoms with Crippen molar-refractivity contribution in [2.45, 2.75) is 25.9 Å². The standard InChI is InChI=1S/C28H28N4O2/c33-27(30-17-21-10-12-22(13-11-21)18-31-16-14-29-20-31)24-7-4-15-32(19-24)28(34)26-9-3-6-23-5-1-2-8-25(23)26/h1-3,5-6,8-14,16,20,24H,4,7,15,17-19H2,(H,30,33). The lowest BCUT2D eigenvalue weighted by Gasteiger charge is -2.32. The van der Waals surface area contributed by atoms with Gasteiger partial charge in [0.25, 0.3) is 5.91 Å². The molecule has 1 aliphatic rings. The molecule has 6 heteroatoms. The fraction of sp³-hybridized carbons (Fsp3) is 0.250. The third kappa shape index (κ3) is 4.86. The van der Waals surface area contributed by atoms with E-state index in [4.69, 9.17) is 0 Å². The first-order valence-electron chi connectivity index (χ1n) is 11.8. The van der Waals surface area contributed by atoms with Crippen LogP contribution in [0.1, 0.15) is 34.3 Å². The van der Waals surface area contributed by atoms with Crippen LogP contribution in [0.4, 0.5) is 0 Å². The first-order valence-corrected chi connectivity index (χ1v) is 11.8. The Labute approximate surface area is 199 Å². The lowest BCUT2D eigenvalue weighted by Crippen LogP contribution is -2.45. The summed E-state index contributed by atoms with van der Waals surface area (Å²) in [4.78, 5) is 32.1. The Balaban J connectivity index is 1.18. The van der Waals surface area contributed by atoms with Crippen molar-refractivity contribution >= 4 is 22.6 Å². The molecule has 2 heterocycles. The molecular formula is C28H28N4O2. The van der Waals surface area contributed by atoms with Crippen LogP contribution in [-0.2, 0) is 17.9 Å². The summed E-state index contributed by atoms with van der Waals surface area (Å²) in [6.45, 7) is 2.40. The number of hydrogen-bond donors (Lipinski definition) is 1. The van der Waals surface area contributed by atoms with Crippen molar-refractivity contribution in [3.63, 3.8) is 0 Å². The SMILES string of the molecule is O=C(NCc1ccc(Cn2ccnc2)cc1)C1CCCN(C(=O)c2cccc3ccccc23)C1. The van der Waals surface area contributed by atoms with Crippen molar-refractivity contribution in [3.8, 4) is 0 Å². The van der Waals surface area contributed by atoms with Gasteiger partial charge < -0.3 is 14.8 Å². The van der Waals surface area contributed by atoms with Crippen LogP contribution in [0.2, 0.25) is 0 Å². The topological polar surface area (TPSA) is 67.2 Å². The largest absolute Gasteiger partial charge is 0.352 e. The van der Waals surface area contributed by atoms with Gasteiger partial charge in [-0.15, -0.1) is 0 Å². The number of nitrogens with zero attached hydrogens (tertiary/aromatic N) is 3. The number of rotatable bonds is 6. The van der Waals surface area contributed by atoms with Crippen LogP contribution in [0, 0.1) is 5.92 Å². The number of aromatic nitrogens is 2. The molecule has 1 aromatic heterocycles. The maximum absolute atomic E-state index is 13.3. The van der Waals surface area contributed by atoms with Gasteiger partial charge in [-0.2, -0.15) is 0 Å². The fourth-order valence-electron chi connectivity index (χ4n) is 4.64. The Kier molecular flexibility index (Phi) is 6.38. The summed E-state index contributed by atoms with van der Waals surface area (Å²) < 4.78 is 2.02. The van der Waals surface area contributed by atoms with Gasteiger partial charge in [-0.3, -0.25) is 9.59 Å². The number of fused-ring (bicyclic) bond motifs is 1. The molecule has 3 aromatic carbocycles. The summed E-state index contributed by atoms with van der Waals surface area (Å²) in [6, 6.07) is 22.0. The second-order valence-corrected chi connectivity index (χ2v) is 8.89. The molecule has 1 saturated heterocycles. The predicted molar refractivity (Wildman–Crippen MR) is 132 cm³/mol. The van der Waals surface area contributed by atoms with Crippen LogP contribution in [-0.4, -0.2) is 39.4 Å². The number of nitrogens with one attached hydrogen (secondary N) is 1. The molecule has 0 bridgehead atoms. The number of carbonyl (C=O) groups is 2. The van der Waals surface area contributed by atoms with Gasteiger partial charge in [-0.05, 0) is 40.8 Å². The predicted octanol–water partition coefficient (Wildman–Crippen LogP) is 4.25. The summed E-state index contributed by atoms with van der Waals surface area (Å²) in [5.74, 6) is -0.172. The Morgan fingerprint density at radius 1 is 0.971 bits per heavy atom. The van der Waals surface area contributed by atoms with Gasteiger partial charge in [0.1, 0.15) is 0 Å². The number of piperidine rings is 1. The number of benzene rings is 3. The molecular weight excluding hydrogens is 424 g/mol. The first kappa shape index (κ1) is 21.9. The quantitative estimate of drug-likeness (QED) is 0.476. The number of likely N-dealkylation sites (tertiary alicyclic amines) is 1. The number of hydrogen-bond acceptors (Lipinski definition) is 3. The molecule has 2 amide bonds. The Morgan fingerprint density at radius 2 is 1.76 bits per heavy atom. The molecule has 4 aromatic rings. The summed E-state index contributed by atoms with van der Waals surface area (Å²) in [6.07, 6.45) is 7.14. The fourth-order valence-corrected chi connectivity index (χ4v) is 4.64. The summed E-state index contributed by atoms with van der Waals surface area (Å²) in [5.41, 5.74) is 2.94. The molecule has 0 spiro atoms. The van der Waals surface area contributed by atoms with E-state index in [0.29, 0.717) is 25.2 Å². The van der Waals surface area contributed by atoms with Gasteiger partial charge in [-0.25, -0.2) is 4.98 Å². The minimum absolute atomic E-state index is 0.00257. The molecule has 1 unspecified atom stereocenters. The molecule has 1 aliphatic heterocycles. The second kappa shape index (κ2) is 9.91. The lowest BCUT2D eigenvalue weighted by atomic mass is 9.95. The van der Waals surface area contributed by atoms with E-state index >= 15 is 0 Å². The first-order chi connectivity index (χ1) is 16.7. The van der Waals surface area contributed by atoms with Gasteiger partial charge >= 0.3 is 0 Å². The van der Waals surface area contributed by atoms with Gasteiger partial charge in [0, 0.05) is 44.1 Å². The number of amides is 2. The zero-order valence-electron chi connectivity index (χ0n) is 19.1. The molecule has 5 rings (SSSR count). The van der Waals surface area contributed by atoms with Crippen LogP contribution >= 0.6 is 0 Å². The smallest absolute Gasteiger partial charge is 0.254 e. The number of carbonyl (C=O) groups excluding carboxylic acids is 2. The summed E-state index contributed by atoms with van der Waals surface area (Å²) in [7, 11) is 0. The van der Waals surface area contributed by atoms with Crippen molar-refractivity contribution < 1.29 is 9.59 Å². The van der Waals surface area contributed by atoms with E-state index < -0.39 is 0 Å². The molecule has 6 nitrogen and oxygen atoms in total. The van der Waals surface area contributed by atoms with Crippen LogP contribution in [0.25, 0.3) is 10.8 Å². The normalized spacial score (nSPS) is 15.9. The molecule has 1 atom stereocenters. The van der Waals surface area contributed by atoms with Crippen LogP contribution in [0.3, 0.4) is 0 Å². The zero-order valence-corrected chi connectivity index (χ0v) is 19.1. The molecule has 172 valence electrons. The maximum Gasteiger partial charge on any atom is 0.254 e. The third-order valence-electron chi connectivity index (χ3n) is 6.51. The van der Waals surface area contributed by atoms with Crippen molar-refractivity contribution in [2.24, 2.45) is 5.92 Å². The minimum Gasteiger partial charge on any atom is -0.352 e. The Hall–Kier alpha value is -3.93. The van der Waals surface area contributed by atoms with Crippen molar-refractivity contribution in [1.82, 2.24) is 19.8 Å². The van der Waals surface area contributed by atoms with E-state index in [-0.39, 0.29) is 17.7 Å². The zero-order chi connectivity index (χ0) is 23.3. The van der Waals surface area contributed by atoms with Crippen molar-refractivity contribution in [2.75, 3.05) is 13.1 Å². The molecule has 1 N–H and O–H groups in total. The Morgan fingerprint density at radius 3 is 2.59 bits per heavy atom. The van der Waals surface area contributed by atoms with E-state index in [9.17, 15) is 9.59 Å². The van der Waals surface area contributed by atoms with E-state index in [0.717, 1.165) is 35.7 Å². The average Bonchev–Trinajstić information content (AvgIpc) is 3.40. The molecule has 34 heavy (non-hydrogen) atoms. The highest BCUT2D eigenvalue weighted by Crippen LogP contribution is 2.23. The van der Waals surface area contributed by atoms with E-state index in [1.54, 1.807) is 12.5 Å². The van der Waals surface area contributed by atoms with Crippen molar-refractivity contribution in [3.05, 3.63) is 102 Å². The van der Waals surface area contributed by atoms with Crippen LogP contribution < -0.4 is 5.32 Å². The van der Waals surface area contributed by atoms with E-state index in [1.165, 1.54) is 5.56 Å². The minimum atomic E-state index is -0.187. The number of imidazole rings is 1. The second-order valence-electron chi connectivity index (χ2n) is 8.89. The molecule has 0 aliphatic carbocycles. The van der Waals surface area contributed by atoms with Gasteiger partial charge in [0.2, 0.25) is 5.91 Å². The van der Waals surface area contributed by atoms with E-state index in [1.807, 2.05) is 70.3 Å². The van der Waals surface area contributed by atoms with E-state index in [2.05, 4.69) is 22.4 Å². The highest BCUT2D eigenvalue weighted by Gasteiger charge is 2.29. The van der Waals surface area contributed by atoms with Gasteiger partial charge in [-0.1, -0.05) is 60.7 Å². The molecule has 0 saturated carbocycles. The average molecular weight is 453 g/mol. The van der Waals surface area contributed by atoms with Gasteiger partial charge in [0.05, 0.1) is 12.2 Å². The van der Waals surface area contributed by atoms with Gasteiger partial charge in [0.15, 0.2) is 0 Å². The lowest BCUT2D eigenvalue weighted by molar-refractivity contribution is -0.126. The summed E-state index contributed by atoms with van der Waals surface area (Å²) in [5, 5.41) is 5.08. The molecule has 1 fully saturated rings. The monoisotopic (exact) mass is 452 g/mol. The van der Waals surface area contributed by atoms with Crippen molar-refractivity contribution in [1.29, 1.82) is 0 Å². The molecule has 0 radical (unpaired) electrons. The van der Waals surface area contributed by atoms with Crippen LogP contribution in [0.5, 0.6) is 0 Å². The Bertz CT molecular complexity index is 1280. The van der Waals surface area contributed by atoms with Crippen LogP contribution in [0.15, 0.2) is 85.5 Å². The third-order valence-corrected chi connectivity index (χ3v) is 6.51. The summed E-state index contributed by atoms with van der Waals surface area (Å²) >= 11 is 0. The highest BCUT2D eigenvalue weighted by molar-refractivity contribution is 6.07. The maximum atomic E-state index is 13.3. The highest BCUT2D eigenvalue weighted by atomic mass is 16.2.